The normalized spacial score (nSPS) is 17.9. The van der Waals surface area contributed by atoms with Crippen molar-refractivity contribution >= 4 is 17.3 Å². The molecule has 6 nitrogen and oxygen atoms in total. The van der Waals surface area contributed by atoms with Crippen molar-refractivity contribution in [2.75, 3.05) is 41.5 Å². The van der Waals surface area contributed by atoms with Gasteiger partial charge >= 0.3 is 5.97 Å². The summed E-state index contributed by atoms with van der Waals surface area (Å²) in [5, 5.41) is 1.44. The maximum Gasteiger partial charge on any atom is 0.374 e. The van der Waals surface area contributed by atoms with Crippen molar-refractivity contribution in [3.05, 3.63) is 52.6 Å². The minimum Gasteiger partial charge on any atom is -0.496 e. The summed E-state index contributed by atoms with van der Waals surface area (Å²) < 4.78 is 22.4. The fraction of sp³-hybridized carbons (Fsp3) is 0.350. The Morgan fingerprint density at radius 1 is 1.23 bits per heavy atom. The average Bonchev–Trinajstić information content (AvgIpc) is 2.65. The lowest BCUT2D eigenvalue weighted by molar-refractivity contribution is -0.139. The van der Waals surface area contributed by atoms with E-state index < -0.39 is 12.1 Å². The van der Waals surface area contributed by atoms with E-state index in [0.717, 1.165) is 10.8 Å². The van der Waals surface area contributed by atoms with Crippen molar-refractivity contribution in [1.82, 2.24) is 4.90 Å². The number of likely N-dealkylation sites (N-methyl/N-ethyl adjacent to an activating group) is 1. The van der Waals surface area contributed by atoms with Gasteiger partial charge in [0.05, 0.1) is 19.8 Å². The second-order valence-electron chi connectivity index (χ2n) is 6.22. The standard InChI is InChI=1S/C20H23NO5/c1-21(2)11-12-25-20(22)19-13-7-5-8-14(23-3)17(13)18-15(24-4)9-6-10-16(18)26-19/h5-10,16H,11-12H2,1-4H3. The molecule has 0 saturated heterocycles. The molecule has 0 saturated carbocycles. The third kappa shape index (κ3) is 3.32. The van der Waals surface area contributed by atoms with Gasteiger partial charge in [-0.1, -0.05) is 18.2 Å². The van der Waals surface area contributed by atoms with Crippen LogP contribution in [-0.4, -0.2) is 58.4 Å². The molecule has 2 aliphatic rings. The molecule has 6 heteroatoms. The van der Waals surface area contributed by atoms with Crippen LogP contribution in [0, 0.1) is 0 Å². The molecule has 138 valence electrons. The number of fused-ring (bicyclic) bond motifs is 2. The van der Waals surface area contributed by atoms with Gasteiger partial charge in [0.25, 0.3) is 0 Å². The van der Waals surface area contributed by atoms with Gasteiger partial charge in [0.2, 0.25) is 5.76 Å². The topological polar surface area (TPSA) is 57.2 Å². The highest BCUT2D eigenvalue weighted by Gasteiger charge is 2.31. The number of ether oxygens (including phenoxy) is 4. The Bertz CT molecular complexity index is 882. The van der Waals surface area contributed by atoms with Crippen molar-refractivity contribution in [2.45, 2.75) is 6.10 Å². The van der Waals surface area contributed by atoms with Crippen LogP contribution in [0.15, 0.2) is 42.2 Å². The molecule has 0 bridgehead atoms. The van der Waals surface area contributed by atoms with E-state index in [2.05, 4.69) is 0 Å². The molecule has 3 rings (SSSR count). The number of methoxy groups -OCH3 is 2. The first-order valence-electron chi connectivity index (χ1n) is 8.39. The summed E-state index contributed by atoms with van der Waals surface area (Å²) in [5.41, 5.74) is 0.840. The summed E-state index contributed by atoms with van der Waals surface area (Å²) >= 11 is 0. The van der Waals surface area contributed by atoms with Gasteiger partial charge in [-0.2, -0.15) is 0 Å². The van der Waals surface area contributed by atoms with Crippen LogP contribution in [0.3, 0.4) is 0 Å². The monoisotopic (exact) mass is 357 g/mol. The third-order valence-corrected chi connectivity index (χ3v) is 4.27. The van der Waals surface area contributed by atoms with Crippen molar-refractivity contribution in [1.29, 1.82) is 0 Å². The molecule has 0 aromatic heterocycles. The quantitative estimate of drug-likeness (QED) is 0.694. The van der Waals surface area contributed by atoms with E-state index in [0.29, 0.717) is 23.3 Å². The summed E-state index contributed by atoms with van der Waals surface area (Å²) in [6, 6.07) is 5.51. The summed E-state index contributed by atoms with van der Waals surface area (Å²) in [6.07, 6.45) is 5.16. The lowest BCUT2D eigenvalue weighted by atomic mass is 9.95. The second-order valence-corrected chi connectivity index (χ2v) is 6.22. The summed E-state index contributed by atoms with van der Waals surface area (Å²) in [5.74, 6) is 1.04. The lowest BCUT2D eigenvalue weighted by Crippen LogP contribution is -2.42. The maximum absolute atomic E-state index is 12.6. The third-order valence-electron chi connectivity index (χ3n) is 4.27. The Kier molecular flexibility index (Phi) is 5.32. The van der Waals surface area contributed by atoms with E-state index in [1.54, 1.807) is 14.2 Å². The van der Waals surface area contributed by atoms with Gasteiger partial charge in [-0.3, -0.25) is 0 Å². The van der Waals surface area contributed by atoms with E-state index in [4.69, 9.17) is 18.9 Å². The predicted octanol–water partition coefficient (Wildman–Crippen LogP) is 0.558. The van der Waals surface area contributed by atoms with E-state index in [9.17, 15) is 4.79 Å². The molecule has 0 spiro atoms. The van der Waals surface area contributed by atoms with Crippen molar-refractivity contribution in [3.63, 3.8) is 0 Å². The van der Waals surface area contributed by atoms with Gasteiger partial charge in [0, 0.05) is 17.0 Å². The molecule has 26 heavy (non-hydrogen) atoms. The van der Waals surface area contributed by atoms with Crippen LogP contribution < -0.4 is 15.2 Å². The highest BCUT2D eigenvalue weighted by Crippen LogP contribution is 2.28. The van der Waals surface area contributed by atoms with Crippen LogP contribution in [0.25, 0.3) is 11.3 Å². The Labute approximate surface area is 152 Å². The zero-order valence-corrected chi connectivity index (χ0v) is 15.4. The molecule has 1 unspecified atom stereocenters. The maximum atomic E-state index is 12.6. The molecule has 1 aliphatic carbocycles. The van der Waals surface area contributed by atoms with Crippen LogP contribution in [0.2, 0.25) is 0 Å². The van der Waals surface area contributed by atoms with Gasteiger partial charge in [0.1, 0.15) is 24.2 Å². The number of hydrogen-bond acceptors (Lipinski definition) is 6. The van der Waals surface area contributed by atoms with Gasteiger partial charge in [-0.05, 0) is 32.3 Å². The average molecular weight is 357 g/mol. The Balaban J connectivity index is 2.16. The van der Waals surface area contributed by atoms with Crippen LogP contribution in [0.1, 0.15) is 0 Å². The fourth-order valence-electron chi connectivity index (χ4n) is 3.01. The molecule has 1 atom stereocenters. The SMILES string of the molecule is COC1=CC=CC2OC(C(=O)OCCN(C)C)=c3cccc(OC)c3=C12. The molecule has 1 aromatic rings. The van der Waals surface area contributed by atoms with E-state index in [-0.39, 0.29) is 12.4 Å². The van der Waals surface area contributed by atoms with E-state index in [1.807, 2.05) is 55.4 Å². The summed E-state index contributed by atoms with van der Waals surface area (Å²) in [6.45, 7) is 0.930. The van der Waals surface area contributed by atoms with Crippen LogP contribution in [-0.2, 0) is 19.0 Å². The van der Waals surface area contributed by atoms with E-state index >= 15 is 0 Å². The Morgan fingerprint density at radius 3 is 2.73 bits per heavy atom. The highest BCUT2D eigenvalue weighted by molar-refractivity contribution is 6.07. The first-order chi connectivity index (χ1) is 12.6. The van der Waals surface area contributed by atoms with Crippen molar-refractivity contribution < 1.29 is 23.7 Å². The zero-order chi connectivity index (χ0) is 18.7. The largest absolute Gasteiger partial charge is 0.496 e. The number of rotatable bonds is 6. The number of esters is 1. The molecule has 0 fully saturated rings. The first-order valence-corrected chi connectivity index (χ1v) is 8.39. The Hall–Kier alpha value is -2.73. The van der Waals surface area contributed by atoms with Crippen LogP contribution in [0.4, 0.5) is 0 Å². The van der Waals surface area contributed by atoms with Gasteiger partial charge in [-0.25, -0.2) is 4.79 Å². The van der Waals surface area contributed by atoms with Crippen LogP contribution >= 0.6 is 0 Å². The smallest absolute Gasteiger partial charge is 0.374 e. The second kappa shape index (κ2) is 7.66. The number of allylic oxidation sites excluding steroid dienone is 2. The molecule has 1 heterocycles. The van der Waals surface area contributed by atoms with Gasteiger partial charge in [0.15, 0.2) is 0 Å². The van der Waals surface area contributed by atoms with E-state index in [1.165, 1.54) is 0 Å². The lowest BCUT2D eigenvalue weighted by Gasteiger charge is -2.27. The minimum atomic E-state index is -0.484. The van der Waals surface area contributed by atoms with Crippen molar-refractivity contribution in [3.8, 4) is 5.75 Å². The minimum absolute atomic E-state index is 0.188. The molecule has 0 amide bonds. The number of benzene rings is 1. The number of carbonyl (C=O) groups excluding carboxylic acids is 1. The number of nitrogens with zero attached hydrogens (tertiary/aromatic N) is 1. The first kappa shape index (κ1) is 18.1. The summed E-state index contributed by atoms with van der Waals surface area (Å²) in [7, 11) is 7.05. The fourth-order valence-corrected chi connectivity index (χ4v) is 3.01. The molecule has 0 radical (unpaired) electrons. The highest BCUT2D eigenvalue weighted by atomic mass is 16.6. The predicted molar refractivity (Wildman–Crippen MR) is 97.7 cm³/mol. The molecule has 1 aliphatic heterocycles. The molecular weight excluding hydrogens is 334 g/mol. The van der Waals surface area contributed by atoms with Gasteiger partial charge < -0.3 is 23.8 Å². The van der Waals surface area contributed by atoms with Crippen LogP contribution in [0.5, 0.6) is 5.75 Å². The van der Waals surface area contributed by atoms with Gasteiger partial charge in [-0.15, -0.1) is 0 Å². The number of carbonyl (C=O) groups is 1. The van der Waals surface area contributed by atoms with Crippen molar-refractivity contribution in [2.24, 2.45) is 0 Å². The summed E-state index contributed by atoms with van der Waals surface area (Å²) in [4.78, 5) is 14.6. The Morgan fingerprint density at radius 2 is 2.04 bits per heavy atom. The molecule has 1 aromatic carbocycles. The zero-order valence-electron chi connectivity index (χ0n) is 15.4. The molecular formula is C20H23NO5. The number of hydrogen-bond donors (Lipinski definition) is 0. The molecule has 0 N–H and O–H groups in total.